The van der Waals surface area contributed by atoms with E-state index in [4.69, 9.17) is 4.42 Å². The molecule has 0 unspecified atom stereocenters. The van der Waals surface area contributed by atoms with Crippen molar-refractivity contribution in [3.05, 3.63) is 39.5 Å². The third-order valence-electron chi connectivity index (χ3n) is 3.21. The predicted molar refractivity (Wildman–Crippen MR) is 83.9 cm³/mol. The lowest BCUT2D eigenvalue weighted by Crippen LogP contribution is -2.23. The Labute approximate surface area is 129 Å². The topological polar surface area (TPSA) is 71.3 Å². The van der Waals surface area contributed by atoms with Crippen molar-refractivity contribution in [2.75, 3.05) is 7.05 Å². The third-order valence-corrected chi connectivity index (χ3v) is 5.68. The number of furan rings is 1. The SMILES string of the molecule is CCc1ccsc1CNS(=O)(=O)c1cc(CNC)oc1C. The van der Waals surface area contributed by atoms with Crippen LogP contribution in [0.25, 0.3) is 0 Å². The number of rotatable bonds is 7. The Morgan fingerprint density at radius 1 is 1.33 bits per heavy atom. The van der Waals surface area contributed by atoms with E-state index < -0.39 is 10.0 Å². The minimum Gasteiger partial charge on any atom is -0.464 e. The summed E-state index contributed by atoms with van der Waals surface area (Å²) in [6.45, 7) is 4.54. The molecule has 2 rings (SSSR count). The first-order valence-electron chi connectivity index (χ1n) is 6.76. The van der Waals surface area contributed by atoms with Gasteiger partial charge in [-0.3, -0.25) is 0 Å². The zero-order valence-electron chi connectivity index (χ0n) is 12.4. The second-order valence-electron chi connectivity index (χ2n) is 4.71. The Morgan fingerprint density at radius 3 is 2.76 bits per heavy atom. The molecule has 0 bridgehead atoms. The molecule has 2 heterocycles. The molecule has 0 aliphatic heterocycles. The van der Waals surface area contributed by atoms with E-state index in [-0.39, 0.29) is 4.90 Å². The van der Waals surface area contributed by atoms with Crippen LogP contribution in [0.2, 0.25) is 0 Å². The molecule has 0 spiro atoms. The maximum atomic E-state index is 12.4. The van der Waals surface area contributed by atoms with Gasteiger partial charge >= 0.3 is 0 Å². The minimum atomic E-state index is -3.55. The minimum absolute atomic E-state index is 0.211. The van der Waals surface area contributed by atoms with Gasteiger partial charge in [0.05, 0.1) is 6.54 Å². The molecule has 0 aromatic carbocycles. The summed E-state index contributed by atoms with van der Waals surface area (Å²) in [5.74, 6) is 1.02. The van der Waals surface area contributed by atoms with E-state index >= 15 is 0 Å². The molecule has 0 fully saturated rings. The first-order chi connectivity index (χ1) is 9.97. The maximum absolute atomic E-state index is 12.4. The fraction of sp³-hybridized carbons (Fsp3) is 0.429. The Bertz CT molecular complexity index is 702. The molecule has 2 N–H and O–H groups in total. The van der Waals surface area contributed by atoms with Gasteiger partial charge in [0.1, 0.15) is 16.4 Å². The average Bonchev–Trinajstić information content (AvgIpc) is 3.03. The molecular formula is C14H20N2O3S2. The van der Waals surface area contributed by atoms with E-state index in [1.807, 2.05) is 11.4 Å². The van der Waals surface area contributed by atoms with Gasteiger partial charge in [-0.1, -0.05) is 6.92 Å². The smallest absolute Gasteiger partial charge is 0.244 e. The van der Waals surface area contributed by atoms with E-state index in [1.54, 1.807) is 31.4 Å². The molecule has 2 aromatic rings. The lowest BCUT2D eigenvalue weighted by molar-refractivity contribution is 0.465. The predicted octanol–water partition coefficient (Wildman–Crippen LogP) is 2.41. The number of hydrogen-bond donors (Lipinski definition) is 2. The number of sulfonamides is 1. The van der Waals surface area contributed by atoms with Gasteiger partial charge in [-0.25, -0.2) is 13.1 Å². The summed E-state index contributed by atoms with van der Waals surface area (Å²) in [6.07, 6.45) is 0.900. The Balaban J connectivity index is 2.15. The summed E-state index contributed by atoms with van der Waals surface area (Å²) in [6, 6.07) is 3.60. The first-order valence-corrected chi connectivity index (χ1v) is 9.13. The quantitative estimate of drug-likeness (QED) is 0.819. The van der Waals surface area contributed by atoms with Crippen LogP contribution in [-0.2, 0) is 29.5 Å². The van der Waals surface area contributed by atoms with Crippen molar-refractivity contribution in [2.24, 2.45) is 0 Å². The average molecular weight is 328 g/mol. The Hall–Kier alpha value is -1.15. The lowest BCUT2D eigenvalue weighted by atomic mass is 10.2. The number of thiophene rings is 1. The van der Waals surface area contributed by atoms with Crippen molar-refractivity contribution >= 4 is 21.4 Å². The van der Waals surface area contributed by atoms with E-state index in [1.165, 1.54) is 5.56 Å². The van der Waals surface area contributed by atoms with Crippen LogP contribution in [0.4, 0.5) is 0 Å². The Kier molecular flexibility index (Phi) is 5.21. The van der Waals surface area contributed by atoms with Gasteiger partial charge in [0, 0.05) is 17.5 Å². The molecule has 0 aliphatic rings. The molecule has 5 nitrogen and oxygen atoms in total. The third kappa shape index (κ3) is 3.74. The molecule has 116 valence electrons. The van der Waals surface area contributed by atoms with Gasteiger partial charge < -0.3 is 9.73 Å². The van der Waals surface area contributed by atoms with Crippen LogP contribution in [0, 0.1) is 6.92 Å². The molecule has 7 heteroatoms. The highest BCUT2D eigenvalue weighted by Gasteiger charge is 2.21. The summed E-state index contributed by atoms with van der Waals surface area (Å²) < 4.78 is 32.9. The van der Waals surface area contributed by atoms with Crippen LogP contribution in [0.1, 0.15) is 28.9 Å². The van der Waals surface area contributed by atoms with Crippen molar-refractivity contribution in [1.82, 2.24) is 10.0 Å². The van der Waals surface area contributed by atoms with E-state index in [9.17, 15) is 8.42 Å². The van der Waals surface area contributed by atoms with E-state index in [0.717, 1.165) is 11.3 Å². The molecule has 0 radical (unpaired) electrons. The van der Waals surface area contributed by atoms with Crippen LogP contribution in [0.3, 0.4) is 0 Å². The summed E-state index contributed by atoms with van der Waals surface area (Å²) >= 11 is 1.57. The number of nitrogens with one attached hydrogen (secondary N) is 2. The summed E-state index contributed by atoms with van der Waals surface area (Å²) in [5.41, 5.74) is 1.18. The fourth-order valence-corrected chi connectivity index (χ4v) is 4.33. The summed E-state index contributed by atoms with van der Waals surface area (Å²) in [4.78, 5) is 1.26. The highest BCUT2D eigenvalue weighted by molar-refractivity contribution is 7.89. The maximum Gasteiger partial charge on any atom is 0.244 e. The van der Waals surface area contributed by atoms with Crippen molar-refractivity contribution in [3.63, 3.8) is 0 Å². The van der Waals surface area contributed by atoms with Crippen molar-refractivity contribution < 1.29 is 12.8 Å². The van der Waals surface area contributed by atoms with Gasteiger partial charge in [-0.15, -0.1) is 11.3 Å². The van der Waals surface area contributed by atoms with Gasteiger partial charge in [-0.2, -0.15) is 0 Å². The monoisotopic (exact) mass is 328 g/mol. The van der Waals surface area contributed by atoms with Gasteiger partial charge in [0.15, 0.2) is 0 Å². The van der Waals surface area contributed by atoms with E-state index in [2.05, 4.69) is 17.0 Å². The largest absolute Gasteiger partial charge is 0.464 e. The number of aryl methyl sites for hydroxylation is 2. The zero-order chi connectivity index (χ0) is 15.5. The van der Waals surface area contributed by atoms with Crippen LogP contribution in [0.5, 0.6) is 0 Å². The standard InChI is InChI=1S/C14H20N2O3S2/c1-4-11-5-6-20-13(11)9-16-21(17,18)14-7-12(8-15-3)19-10(14)2/h5-7,15-16H,4,8-9H2,1-3H3. The van der Waals surface area contributed by atoms with Gasteiger partial charge in [-0.05, 0) is 37.4 Å². The zero-order valence-corrected chi connectivity index (χ0v) is 14.0. The molecule has 21 heavy (non-hydrogen) atoms. The van der Waals surface area contributed by atoms with E-state index in [0.29, 0.717) is 24.6 Å². The first kappa shape index (κ1) is 16.2. The molecule has 0 saturated heterocycles. The molecular weight excluding hydrogens is 308 g/mol. The number of hydrogen-bond acceptors (Lipinski definition) is 5. The van der Waals surface area contributed by atoms with Crippen molar-refractivity contribution in [1.29, 1.82) is 0 Å². The molecule has 2 aromatic heterocycles. The molecule has 0 amide bonds. The van der Waals surface area contributed by atoms with Crippen molar-refractivity contribution in [2.45, 2.75) is 38.3 Å². The summed E-state index contributed by atoms with van der Waals surface area (Å²) in [5, 5.41) is 4.92. The lowest BCUT2D eigenvalue weighted by Gasteiger charge is -2.05. The molecule has 0 aliphatic carbocycles. The van der Waals surface area contributed by atoms with Crippen LogP contribution >= 0.6 is 11.3 Å². The normalized spacial score (nSPS) is 12.0. The van der Waals surface area contributed by atoms with Crippen LogP contribution in [-0.4, -0.2) is 15.5 Å². The summed E-state index contributed by atoms with van der Waals surface area (Å²) in [7, 11) is -1.77. The molecule has 0 atom stereocenters. The highest BCUT2D eigenvalue weighted by Crippen LogP contribution is 2.22. The second kappa shape index (κ2) is 6.74. The van der Waals surface area contributed by atoms with Crippen LogP contribution in [0.15, 0.2) is 26.8 Å². The second-order valence-corrected chi connectivity index (χ2v) is 7.45. The Morgan fingerprint density at radius 2 is 2.10 bits per heavy atom. The fourth-order valence-electron chi connectivity index (χ4n) is 2.13. The van der Waals surface area contributed by atoms with Crippen molar-refractivity contribution in [3.8, 4) is 0 Å². The van der Waals surface area contributed by atoms with Crippen LogP contribution < -0.4 is 10.0 Å². The molecule has 0 saturated carbocycles. The van der Waals surface area contributed by atoms with Gasteiger partial charge in [0.25, 0.3) is 0 Å². The van der Waals surface area contributed by atoms with Gasteiger partial charge in [0.2, 0.25) is 10.0 Å². The highest BCUT2D eigenvalue weighted by atomic mass is 32.2.